The fourth-order valence-corrected chi connectivity index (χ4v) is 2.56. The second kappa shape index (κ2) is 5.94. The van der Waals surface area contributed by atoms with E-state index in [2.05, 4.69) is 49.6 Å². The number of hydrogen-bond acceptors (Lipinski definition) is 3. The summed E-state index contributed by atoms with van der Waals surface area (Å²) in [6, 6.07) is 6.41. The van der Waals surface area contributed by atoms with Crippen LogP contribution in [0, 0.1) is 0 Å². The Bertz CT molecular complexity index is 492. The molecule has 1 amide bonds. The van der Waals surface area contributed by atoms with Crippen LogP contribution in [0.3, 0.4) is 0 Å². The van der Waals surface area contributed by atoms with Gasteiger partial charge in [0.2, 0.25) is 5.91 Å². The van der Waals surface area contributed by atoms with Gasteiger partial charge in [0.15, 0.2) is 0 Å². The minimum Gasteiger partial charge on any atom is -0.395 e. The van der Waals surface area contributed by atoms with Crippen LogP contribution >= 0.6 is 0 Å². The van der Waals surface area contributed by atoms with Crippen LogP contribution in [-0.2, 0) is 16.8 Å². The molecular weight excluding hydrogens is 252 g/mol. The summed E-state index contributed by atoms with van der Waals surface area (Å²) in [5, 5.41) is 14.9. The summed E-state index contributed by atoms with van der Waals surface area (Å²) in [6.07, 6.45) is 0. The third kappa shape index (κ3) is 3.19. The Kier molecular flexibility index (Phi) is 4.45. The normalized spacial score (nSPS) is 18.5. The van der Waals surface area contributed by atoms with Crippen molar-refractivity contribution in [3.8, 4) is 0 Å². The molecule has 1 aliphatic heterocycles. The average Bonchev–Trinajstić information content (AvgIpc) is 2.42. The van der Waals surface area contributed by atoms with Gasteiger partial charge in [-0.05, 0) is 22.1 Å². The van der Waals surface area contributed by atoms with E-state index in [4.69, 9.17) is 5.11 Å². The average molecular weight is 276 g/mol. The molecule has 0 spiro atoms. The first-order valence-corrected chi connectivity index (χ1v) is 7.16. The van der Waals surface area contributed by atoms with Crippen molar-refractivity contribution in [2.75, 3.05) is 19.7 Å². The van der Waals surface area contributed by atoms with Crippen LogP contribution in [0.5, 0.6) is 0 Å². The third-order valence-corrected chi connectivity index (χ3v) is 3.78. The molecule has 110 valence electrons. The Balaban J connectivity index is 2.26. The first kappa shape index (κ1) is 15.0. The highest BCUT2D eigenvalue weighted by Gasteiger charge is 2.27. The van der Waals surface area contributed by atoms with Gasteiger partial charge >= 0.3 is 0 Å². The SMILES string of the molecule is CC(C)(C)c1ccc2c(c1)CNCC2C(=O)NCCO. The van der Waals surface area contributed by atoms with Crippen molar-refractivity contribution in [2.24, 2.45) is 0 Å². The van der Waals surface area contributed by atoms with E-state index in [1.165, 1.54) is 11.1 Å². The van der Waals surface area contributed by atoms with Gasteiger partial charge in [-0.15, -0.1) is 0 Å². The van der Waals surface area contributed by atoms with E-state index in [1.807, 2.05) is 0 Å². The Labute approximate surface area is 120 Å². The number of aliphatic hydroxyl groups is 1. The predicted molar refractivity (Wildman–Crippen MR) is 79.7 cm³/mol. The number of aliphatic hydroxyl groups excluding tert-OH is 1. The van der Waals surface area contributed by atoms with Gasteiger partial charge in [-0.1, -0.05) is 39.0 Å². The Morgan fingerprint density at radius 2 is 2.20 bits per heavy atom. The molecule has 1 unspecified atom stereocenters. The quantitative estimate of drug-likeness (QED) is 0.779. The summed E-state index contributed by atoms with van der Waals surface area (Å²) in [5.41, 5.74) is 3.70. The lowest BCUT2D eigenvalue weighted by atomic mass is 9.82. The molecule has 4 nitrogen and oxygen atoms in total. The number of amides is 1. The molecule has 1 atom stereocenters. The van der Waals surface area contributed by atoms with E-state index < -0.39 is 0 Å². The molecule has 0 radical (unpaired) electrons. The van der Waals surface area contributed by atoms with E-state index in [0.29, 0.717) is 13.1 Å². The molecule has 1 aromatic rings. The Hall–Kier alpha value is -1.39. The molecule has 0 saturated heterocycles. The van der Waals surface area contributed by atoms with Crippen LogP contribution in [0.2, 0.25) is 0 Å². The van der Waals surface area contributed by atoms with E-state index in [9.17, 15) is 4.79 Å². The van der Waals surface area contributed by atoms with E-state index in [0.717, 1.165) is 12.1 Å². The monoisotopic (exact) mass is 276 g/mol. The molecule has 0 aliphatic carbocycles. The summed E-state index contributed by atoms with van der Waals surface area (Å²) in [5.74, 6) is -0.185. The molecule has 0 fully saturated rings. The lowest BCUT2D eigenvalue weighted by Gasteiger charge is -2.28. The molecule has 0 saturated carbocycles. The van der Waals surface area contributed by atoms with Crippen LogP contribution in [0.25, 0.3) is 0 Å². The van der Waals surface area contributed by atoms with Crippen molar-refractivity contribution in [2.45, 2.75) is 38.6 Å². The van der Waals surface area contributed by atoms with Gasteiger partial charge in [0.05, 0.1) is 12.5 Å². The minimum atomic E-state index is -0.167. The summed E-state index contributed by atoms with van der Waals surface area (Å²) in [6.45, 7) is 8.32. The van der Waals surface area contributed by atoms with Gasteiger partial charge in [0.1, 0.15) is 0 Å². The highest BCUT2D eigenvalue weighted by Crippen LogP contribution is 2.30. The maximum absolute atomic E-state index is 12.1. The number of fused-ring (bicyclic) bond motifs is 1. The fraction of sp³-hybridized carbons (Fsp3) is 0.562. The second-order valence-corrected chi connectivity index (χ2v) is 6.36. The first-order chi connectivity index (χ1) is 9.43. The van der Waals surface area contributed by atoms with Crippen LogP contribution in [0.4, 0.5) is 0 Å². The van der Waals surface area contributed by atoms with Crippen LogP contribution in [-0.4, -0.2) is 30.7 Å². The number of rotatable bonds is 3. The smallest absolute Gasteiger partial charge is 0.228 e. The summed E-state index contributed by atoms with van der Waals surface area (Å²) in [7, 11) is 0. The molecule has 1 heterocycles. The maximum Gasteiger partial charge on any atom is 0.228 e. The molecule has 0 aromatic heterocycles. The molecule has 1 aliphatic rings. The fourth-order valence-electron chi connectivity index (χ4n) is 2.56. The molecular formula is C16H24N2O2. The van der Waals surface area contributed by atoms with E-state index >= 15 is 0 Å². The van der Waals surface area contributed by atoms with Crippen molar-refractivity contribution in [3.63, 3.8) is 0 Å². The van der Waals surface area contributed by atoms with Crippen LogP contribution < -0.4 is 10.6 Å². The zero-order chi connectivity index (χ0) is 14.8. The van der Waals surface area contributed by atoms with Gasteiger partial charge in [-0.25, -0.2) is 0 Å². The van der Waals surface area contributed by atoms with Crippen molar-refractivity contribution < 1.29 is 9.90 Å². The number of carbonyl (C=O) groups is 1. The lowest BCUT2D eigenvalue weighted by molar-refractivity contribution is -0.122. The molecule has 2 rings (SSSR count). The summed E-state index contributed by atoms with van der Waals surface area (Å²) < 4.78 is 0. The Morgan fingerprint density at radius 1 is 1.45 bits per heavy atom. The maximum atomic E-state index is 12.1. The van der Waals surface area contributed by atoms with E-state index in [1.54, 1.807) is 0 Å². The number of carbonyl (C=O) groups excluding carboxylic acids is 1. The minimum absolute atomic E-state index is 0.0176. The lowest BCUT2D eigenvalue weighted by Crippen LogP contribution is -2.39. The number of hydrogen-bond donors (Lipinski definition) is 3. The van der Waals surface area contributed by atoms with Crippen molar-refractivity contribution in [1.29, 1.82) is 0 Å². The summed E-state index contributed by atoms with van der Waals surface area (Å²) >= 11 is 0. The summed E-state index contributed by atoms with van der Waals surface area (Å²) in [4.78, 5) is 12.1. The molecule has 0 bridgehead atoms. The van der Waals surface area contributed by atoms with Crippen molar-refractivity contribution >= 4 is 5.91 Å². The predicted octanol–water partition coefficient (Wildman–Crippen LogP) is 1.28. The third-order valence-electron chi connectivity index (χ3n) is 3.78. The van der Waals surface area contributed by atoms with Crippen molar-refractivity contribution in [1.82, 2.24) is 10.6 Å². The van der Waals surface area contributed by atoms with Gasteiger partial charge in [-0.2, -0.15) is 0 Å². The highest BCUT2D eigenvalue weighted by molar-refractivity contribution is 5.84. The molecule has 4 heteroatoms. The van der Waals surface area contributed by atoms with Gasteiger partial charge in [0, 0.05) is 19.6 Å². The molecule has 3 N–H and O–H groups in total. The van der Waals surface area contributed by atoms with Gasteiger partial charge in [-0.3, -0.25) is 4.79 Å². The first-order valence-electron chi connectivity index (χ1n) is 7.16. The largest absolute Gasteiger partial charge is 0.395 e. The standard InChI is InChI=1S/C16H24N2O2/c1-16(2,3)12-4-5-13-11(8-12)9-17-10-14(13)15(20)18-6-7-19/h4-5,8,14,17,19H,6-7,9-10H2,1-3H3,(H,18,20). The van der Waals surface area contributed by atoms with Crippen LogP contribution in [0.15, 0.2) is 18.2 Å². The number of benzene rings is 1. The van der Waals surface area contributed by atoms with Crippen LogP contribution in [0.1, 0.15) is 43.4 Å². The zero-order valence-electron chi connectivity index (χ0n) is 12.5. The van der Waals surface area contributed by atoms with Gasteiger partial charge < -0.3 is 15.7 Å². The van der Waals surface area contributed by atoms with Gasteiger partial charge in [0.25, 0.3) is 0 Å². The van der Waals surface area contributed by atoms with E-state index in [-0.39, 0.29) is 23.8 Å². The highest BCUT2D eigenvalue weighted by atomic mass is 16.3. The number of nitrogens with one attached hydrogen (secondary N) is 2. The second-order valence-electron chi connectivity index (χ2n) is 6.36. The Morgan fingerprint density at radius 3 is 2.85 bits per heavy atom. The van der Waals surface area contributed by atoms with Crippen molar-refractivity contribution in [3.05, 3.63) is 34.9 Å². The molecule has 20 heavy (non-hydrogen) atoms. The topological polar surface area (TPSA) is 61.4 Å². The molecule has 1 aromatic carbocycles. The zero-order valence-corrected chi connectivity index (χ0v) is 12.5.